The molecule has 0 aromatic heterocycles. The Morgan fingerprint density at radius 3 is 2.50 bits per heavy atom. The summed E-state index contributed by atoms with van der Waals surface area (Å²) >= 11 is 9.04. The summed E-state index contributed by atoms with van der Waals surface area (Å²) in [6.07, 6.45) is 1.03. The van der Waals surface area contributed by atoms with Crippen molar-refractivity contribution in [1.82, 2.24) is 0 Å². The first-order valence-electron chi connectivity index (χ1n) is 4.91. The number of alkyl halides is 1. The minimum absolute atomic E-state index is 0.209. The number of carbonyl (C=O) groups excluding carboxylic acids is 1. The van der Waals surface area contributed by atoms with Crippen LogP contribution >= 0.6 is 27.5 Å². The number of benzene rings is 1. The van der Waals surface area contributed by atoms with Gasteiger partial charge in [-0.1, -0.05) is 27.5 Å². The smallest absolute Gasteiger partial charge is 0.237 e. The van der Waals surface area contributed by atoms with Crippen molar-refractivity contribution in [2.24, 2.45) is 0 Å². The van der Waals surface area contributed by atoms with Gasteiger partial charge in [-0.05, 0) is 25.1 Å². The molecule has 0 saturated heterocycles. The van der Waals surface area contributed by atoms with Gasteiger partial charge in [-0.15, -0.1) is 0 Å². The van der Waals surface area contributed by atoms with Gasteiger partial charge >= 0.3 is 0 Å². The fourth-order valence-corrected chi connectivity index (χ4v) is 2.09. The number of rotatable bonds is 4. The van der Waals surface area contributed by atoms with E-state index >= 15 is 0 Å². The fourth-order valence-electron chi connectivity index (χ4n) is 1.12. The Bertz CT molecular complexity index is 560. The van der Waals surface area contributed by atoms with Crippen LogP contribution < -0.4 is 10.0 Å². The van der Waals surface area contributed by atoms with Crippen molar-refractivity contribution < 1.29 is 13.2 Å². The molecule has 0 spiro atoms. The second-order valence-corrected chi connectivity index (χ2v) is 7.20. The van der Waals surface area contributed by atoms with Crippen LogP contribution in [0.4, 0.5) is 11.4 Å². The molecule has 0 radical (unpaired) electrons. The molecule has 1 amide bonds. The molecule has 1 aromatic rings. The lowest BCUT2D eigenvalue weighted by Crippen LogP contribution is -2.19. The minimum Gasteiger partial charge on any atom is -0.325 e. The third-order valence-corrected chi connectivity index (χ3v) is 3.21. The molecule has 5 nitrogen and oxygen atoms in total. The van der Waals surface area contributed by atoms with Crippen LogP contribution in [0.15, 0.2) is 18.2 Å². The molecule has 0 fully saturated rings. The first-order valence-corrected chi connectivity index (χ1v) is 8.10. The Hall–Kier alpha value is -0.790. The molecule has 0 heterocycles. The predicted molar refractivity (Wildman–Crippen MR) is 76.9 cm³/mol. The van der Waals surface area contributed by atoms with Crippen LogP contribution in [0, 0.1) is 0 Å². The summed E-state index contributed by atoms with van der Waals surface area (Å²) in [6, 6.07) is 4.52. The average molecular weight is 356 g/mol. The Balaban J connectivity index is 2.89. The zero-order chi connectivity index (χ0) is 13.9. The van der Waals surface area contributed by atoms with E-state index in [4.69, 9.17) is 11.6 Å². The van der Waals surface area contributed by atoms with Crippen molar-refractivity contribution in [3.05, 3.63) is 23.2 Å². The largest absolute Gasteiger partial charge is 0.325 e. The number of hydrogen-bond donors (Lipinski definition) is 2. The monoisotopic (exact) mass is 354 g/mol. The van der Waals surface area contributed by atoms with E-state index in [-0.39, 0.29) is 21.4 Å². The molecule has 0 aliphatic carbocycles. The quantitative estimate of drug-likeness (QED) is 0.815. The standard InChI is InChI=1S/C10H12BrClN2O3S/c1-6(11)10(15)13-7-3-4-9(8(12)5-7)14-18(2,16)17/h3-6,14H,1-2H3,(H,13,15). The second kappa shape index (κ2) is 5.90. The molecule has 0 aliphatic heterocycles. The summed E-state index contributed by atoms with van der Waals surface area (Å²) in [6.45, 7) is 1.69. The summed E-state index contributed by atoms with van der Waals surface area (Å²) in [4.78, 5) is 11.1. The maximum absolute atomic E-state index is 11.4. The molecule has 0 aliphatic rings. The molecule has 1 rings (SSSR count). The second-order valence-electron chi connectivity index (χ2n) is 3.67. The van der Waals surface area contributed by atoms with E-state index in [1.807, 2.05) is 0 Å². The molecule has 8 heteroatoms. The Morgan fingerprint density at radius 1 is 1.44 bits per heavy atom. The Kier molecular flexibility index (Phi) is 5.01. The third kappa shape index (κ3) is 4.83. The molecule has 2 N–H and O–H groups in total. The van der Waals surface area contributed by atoms with Gasteiger partial charge < -0.3 is 5.32 Å². The van der Waals surface area contributed by atoms with Gasteiger partial charge in [-0.25, -0.2) is 8.42 Å². The van der Waals surface area contributed by atoms with Crippen LogP contribution in [0.1, 0.15) is 6.92 Å². The van der Waals surface area contributed by atoms with Gasteiger partial charge in [0.25, 0.3) is 0 Å². The topological polar surface area (TPSA) is 75.3 Å². The van der Waals surface area contributed by atoms with Crippen LogP contribution in [-0.4, -0.2) is 25.4 Å². The SMILES string of the molecule is CC(Br)C(=O)Nc1ccc(NS(C)(=O)=O)c(Cl)c1. The highest BCUT2D eigenvalue weighted by Crippen LogP contribution is 2.26. The lowest BCUT2D eigenvalue weighted by molar-refractivity contribution is -0.115. The first kappa shape index (κ1) is 15.3. The average Bonchev–Trinajstić information content (AvgIpc) is 2.20. The van der Waals surface area contributed by atoms with Gasteiger partial charge in [-0.3, -0.25) is 9.52 Å². The third-order valence-electron chi connectivity index (χ3n) is 1.89. The van der Waals surface area contributed by atoms with E-state index in [0.717, 1.165) is 6.26 Å². The molecular weight excluding hydrogens is 344 g/mol. The van der Waals surface area contributed by atoms with E-state index < -0.39 is 10.0 Å². The highest BCUT2D eigenvalue weighted by atomic mass is 79.9. The predicted octanol–water partition coefficient (Wildman–Crippen LogP) is 2.43. The van der Waals surface area contributed by atoms with Crippen LogP contribution in [0.25, 0.3) is 0 Å². The zero-order valence-electron chi connectivity index (χ0n) is 9.70. The highest BCUT2D eigenvalue weighted by molar-refractivity contribution is 9.10. The van der Waals surface area contributed by atoms with Gasteiger partial charge in [0.05, 0.1) is 21.8 Å². The maximum Gasteiger partial charge on any atom is 0.237 e. The first-order chi connectivity index (χ1) is 8.19. The number of sulfonamides is 1. The summed E-state index contributed by atoms with van der Waals surface area (Å²) < 4.78 is 24.4. The normalized spacial score (nSPS) is 12.9. The summed E-state index contributed by atoms with van der Waals surface area (Å²) in [5.41, 5.74) is 0.763. The van der Waals surface area contributed by atoms with Crippen LogP contribution in [0.5, 0.6) is 0 Å². The van der Waals surface area contributed by atoms with Crippen molar-refractivity contribution >= 4 is 54.8 Å². The minimum atomic E-state index is -3.38. The van der Waals surface area contributed by atoms with Gasteiger partial charge in [0.2, 0.25) is 15.9 Å². The van der Waals surface area contributed by atoms with E-state index in [0.29, 0.717) is 5.69 Å². The van der Waals surface area contributed by atoms with E-state index in [1.165, 1.54) is 12.1 Å². The molecule has 0 saturated carbocycles. The van der Waals surface area contributed by atoms with Crippen LogP contribution in [0.2, 0.25) is 5.02 Å². The summed E-state index contributed by atoms with van der Waals surface area (Å²) in [7, 11) is -3.38. The van der Waals surface area contributed by atoms with Crippen LogP contribution in [0.3, 0.4) is 0 Å². The van der Waals surface area contributed by atoms with Gasteiger partial charge in [0.1, 0.15) is 0 Å². The van der Waals surface area contributed by atoms with E-state index in [2.05, 4.69) is 26.0 Å². The molecule has 1 atom stereocenters. The zero-order valence-corrected chi connectivity index (χ0v) is 12.9. The van der Waals surface area contributed by atoms with Crippen molar-refractivity contribution in [3.8, 4) is 0 Å². The number of amides is 1. The lowest BCUT2D eigenvalue weighted by atomic mass is 10.3. The van der Waals surface area contributed by atoms with Gasteiger partial charge in [-0.2, -0.15) is 0 Å². The summed E-state index contributed by atoms with van der Waals surface area (Å²) in [5, 5.41) is 2.83. The number of anilines is 2. The molecule has 1 aromatic carbocycles. The van der Waals surface area contributed by atoms with Crippen molar-refractivity contribution in [2.75, 3.05) is 16.3 Å². The number of nitrogens with one attached hydrogen (secondary N) is 2. The summed E-state index contributed by atoms with van der Waals surface area (Å²) in [5.74, 6) is -0.213. The highest BCUT2D eigenvalue weighted by Gasteiger charge is 2.11. The van der Waals surface area contributed by atoms with Crippen molar-refractivity contribution in [3.63, 3.8) is 0 Å². The lowest BCUT2D eigenvalue weighted by Gasteiger charge is -2.10. The van der Waals surface area contributed by atoms with Gasteiger partial charge in [0, 0.05) is 5.69 Å². The fraction of sp³-hybridized carbons (Fsp3) is 0.300. The number of hydrogen-bond acceptors (Lipinski definition) is 3. The maximum atomic E-state index is 11.4. The Labute approximate surface area is 119 Å². The number of carbonyl (C=O) groups is 1. The molecule has 18 heavy (non-hydrogen) atoms. The Morgan fingerprint density at radius 2 is 2.06 bits per heavy atom. The molecular formula is C10H12BrClN2O3S. The van der Waals surface area contributed by atoms with Crippen molar-refractivity contribution in [1.29, 1.82) is 0 Å². The van der Waals surface area contributed by atoms with Gasteiger partial charge in [0.15, 0.2) is 0 Å². The van der Waals surface area contributed by atoms with E-state index in [9.17, 15) is 13.2 Å². The molecule has 1 unspecified atom stereocenters. The molecule has 0 bridgehead atoms. The van der Waals surface area contributed by atoms with Crippen molar-refractivity contribution in [2.45, 2.75) is 11.8 Å². The van der Waals surface area contributed by atoms with E-state index in [1.54, 1.807) is 13.0 Å². The molecule has 100 valence electrons. The van der Waals surface area contributed by atoms with Crippen LogP contribution in [-0.2, 0) is 14.8 Å². The number of halogens is 2.